The summed E-state index contributed by atoms with van der Waals surface area (Å²) in [6.45, 7) is -0.136. The Balaban J connectivity index is 2.03. The lowest BCUT2D eigenvalue weighted by Crippen LogP contribution is -2.50. The molecule has 0 unspecified atom stereocenters. The molecule has 1 aliphatic heterocycles. The molecule has 0 spiro atoms. The van der Waals surface area contributed by atoms with E-state index in [0.29, 0.717) is 25.9 Å². The largest absolute Gasteiger partial charge is 0.332 e. The Labute approximate surface area is 264 Å². The first kappa shape index (κ1) is 35.2. The third kappa shape index (κ3) is 11.3. The van der Waals surface area contributed by atoms with Crippen molar-refractivity contribution in [2.75, 3.05) is 72.0 Å². The van der Waals surface area contributed by atoms with Crippen LogP contribution in [-0.2, 0) is 37.1 Å². The van der Waals surface area contributed by atoms with E-state index in [-0.39, 0.29) is 72.0 Å². The van der Waals surface area contributed by atoms with Crippen LogP contribution in [-0.4, -0.2) is 126 Å². The van der Waals surface area contributed by atoms with Crippen LogP contribution in [0.2, 0.25) is 0 Å². The van der Waals surface area contributed by atoms with Gasteiger partial charge in [0.1, 0.15) is 13.1 Å². The summed E-state index contributed by atoms with van der Waals surface area (Å²) in [6.07, 6.45) is 0.878. The highest BCUT2D eigenvalue weighted by molar-refractivity contribution is 5.93. The summed E-state index contributed by atoms with van der Waals surface area (Å²) in [5.74, 6) is -2.25. The van der Waals surface area contributed by atoms with Gasteiger partial charge >= 0.3 is 0 Å². The van der Waals surface area contributed by atoms with Crippen molar-refractivity contribution < 1.29 is 24.0 Å². The number of carbonyl (C=O) groups excluding carboxylic acids is 5. The summed E-state index contributed by atoms with van der Waals surface area (Å²) in [7, 11) is 0. The van der Waals surface area contributed by atoms with E-state index >= 15 is 0 Å². The molecule has 5 amide bonds. The van der Waals surface area contributed by atoms with E-state index in [4.69, 9.17) is 17.2 Å². The molecule has 2 aromatic carbocycles. The van der Waals surface area contributed by atoms with E-state index < -0.39 is 29.5 Å². The van der Waals surface area contributed by atoms with Crippen molar-refractivity contribution in [3.8, 4) is 0 Å². The zero-order valence-corrected chi connectivity index (χ0v) is 25.9. The quantitative estimate of drug-likeness (QED) is 0.275. The van der Waals surface area contributed by atoms with Gasteiger partial charge in [0, 0.05) is 39.3 Å². The predicted molar refractivity (Wildman–Crippen MR) is 170 cm³/mol. The summed E-state index contributed by atoms with van der Waals surface area (Å²) < 4.78 is 0. The molecule has 0 radical (unpaired) electrons. The molecular weight excluding hydrogens is 576 g/mol. The first-order valence-corrected chi connectivity index (χ1v) is 15.3. The lowest BCUT2D eigenvalue weighted by molar-refractivity contribution is -0.146. The fraction of sp³-hybridized carbons (Fsp3) is 0.469. The highest BCUT2D eigenvalue weighted by atomic mass is 16.2. The number of hydrogen-bond donors (Lipinski definition) is 3. The first-order valence-electron chi connectivity index (χ1n) is 15.3. The molecule has 0 atom stereocenters. The van der Waals surface area contributed by atoms with E-state index in [0.717, 1.165) is 11.1 Å². The second kappa shape index (κ2) is 18.5. The van der Waals surface area contributed by atoms with Gasteiger partial charge in [0.05, 0.1) is 19.6 Å². The number of carbonyl (C=O) groups is 5. The Morgan fingerprint density at radius 1 is 0.422 bits per heavy atom. The van der Waals surface area contributed by atoms with Crippen LogP contribution in [0.25, 0.3) is 0 Å². The Kier molecular flexibility index (Phi) is 14.4. The van der Waals surface area contributed by atoms with Crippen LogP contribution in [0.5, 0.6) is 0 Å². The van der Waals surface area contributed by atoms with Gasteiger partial charge in [0.15, 0.2) is 0 Å². The van der Waals surface area contributed by atoms with Gasteiger partial charge in [0.2, 0.25) is 29.5 Å². The molecule has 0 bridgehead atoms. The molecule has 0 saturated carbocycles. The number of rotatable bonds is 12. The fourth-order valence-corrected chi connectivity index (χ4v) is 4.98. The molecule has 1 heterocycles. The van der Waals surface area contributed by atoms with E-state index in [9.17, 15) is 24.0 Å². The van der Waals surface area contributed by atoms with Gasteiger partial charge in [-0.05, 0) is 37.1 Å². The third-order valence-corrected chi connectivity index (χ3v) is 7.49. The van der Waals surface area contributed by atoms with Crippen molar-refractivity contribution in [2.45, 2.75) is 25.9 Å². The Hall–Kier alpha value is -4.33. The highest BCUT2D eigenvalue weighted by Gasteiger charge is 2.30. The maximum atomic E-state index is 13.8. The van der Waals surface area contributed by atoms with Crippen LogP contribution in [0.3, 0.4) is 0 Å². The molecule has 1 aliphatic rings. The smallest absolute Gasteiger partial charge is 0.242 e. The van der Waals surface area contributed by atoms with Crippen molar-refractivity contribution in [1.29, 1.82) is 0 Å². The minimum absolute atomic E-state index is 0.0812. The minimum Gasteiger partial charge on any atom is -0.332 e. The topological polar surface area (TPSA) is 180 Å². The maximum Gasteiger partial charge on any atom is 0.242 e. The number of benzene rings is 2. The standard InChI is InChI=1S/C32H46N8O5/c33-13-7-16-36-21-28(41)38(18-15-35)23-32(45)40(20-27-11-5-2-6-12-27)25-30(43)37(17-8-14-34)22-31(44)39(24-29(36)42)19-26-9-3-1-4-10-26/h1-6,9-12H,7-8,13-25,33-35H2. The summed E-state index contributed by atoms with van der Waals surface area (Å²) in [6, 6.07) is 18.4. The van der Waals surface area contributed by atoms with Gasteiger partial charge in [-0.25, -0.2) is 0 Å². The summed E-state index contributed by atoms with van der Waals surface area (Å²) >= 11 is 0. The van der Waals surface area contributed by atoms with Crippen LogP contribution in [0.1, 0.15) is 24.0 Å². The van der Waals surface area contributed by atoms with E-state index in [1.807, 2.05) is 60.7 Å². The van der Waals surface area contributed by atoms with Gasteiger partial charge in [-0.2, -0.15) is 0 Å². The van der Waals surface area contributed by atoms with Gasteiger partial charge in [-0.15, -0.1) is 0 Å². The second-order valence-corrected chi connectivity index (χ2v) is 11.0. The van der Waals surface area contributed by atoms with Crippen LogP contribution in [0.15, 0.2) is 60.7 Å². The lowest BCUT2D eigenvalue weighted by atomic mass is 10.2. The number of nitrogens with zero attached hydrogens (tertiary/aromatic N) is 5. The average molecular weight is 623 g/mol. The molecule has 6 N–H and O–H groups in total. The second-order valence-electron chi connectivity index (χ2n) is 11.0. The monoisotopic (exact) mass is 622 g/mol. The minimum atomic E-state index is -0.467. The maximum absolute atomic E-state index is 13.8. The van der Waals surface area contributed by atoms with Crippen LogP contribution >= 0.6 is 0 Å². The Morgan fingerprint density at radius 3 is 1.07 bits per heavy atom. The average Bonchev–Trinajstić information content (AvgIpc) is 3.04. The summed E-state index contributed by atoms with van der Waals surface area (Å²) in [4.78, 5) is 75.4. The molecule has 1 fully saturated rings. The van der Waals surface area contributed by atoms with Crippen LogP contribution in [0, 0.1) is 0 Å². The summed E-state index contributed by atoms with van der Waals surface area (Å²) in [5.41, 5.74) is 18.9. The molecule has 244 valence electrons. The lowest BCUT2D eigenvalue weighted by Gasteiger charge is -2.30. The zero-order valence-electron chi connectivity index (χ0n) is 25.9. The molecule has 3 rings (SSSR count). The normalized spacial score (nSPS) is 16.3. The Bertz CT molecular complexity index is 1260. The zero-order chi connectivity index (χ0) is 32.6. The van der Waals surface area contributed by atoms with E-state index in [2.05, 4.69) is 0 Å². The fourth-order valence-electron chi connectivity index (χ4n) is 4.98. The number of amides is 5. The van der Waals surface area contributed by atoms with Crippen LogP contribution in [0.4, 0.5) is 0 Å². The SMILES string of the molecule is NCCCN1CC(=O)N(CCN)CC(=O)N(Cc2ccccc2)CC(=O)N(CCCN)CC(=O)N(Cc2ccccc2)CC1=O. The molecule has 45 heavy (non-hydrogen) atoms. The molecule has 13 heteroatoms. The van der Waals surface area contributed by atoms with Gasteiger partial charge in [-0.3, -0.25) is 24.0 Å². The number of hydrogen-bond acceptors (Lipinski definition) is 8. The van der Waals surface area contributed by atoms with Crippen LogP contribution < -0.4 is 17.2 Å². The van der Waals surface area contributed by atoms with Crippen molar-refractivity contribution >= 4 is 29.5 Å². The Morgan fingerprint density at radius 2 is 0.733 bits per heavy atom. The van der Waals surface area contributed by atoms with Gasteiger partial charge < -0.3 is 41.7 Å². The molecule has 0 aliphatic carbocycles. The molecule has 2 aromatic rings. The first-order chi connectivity index (χ1) is 21.7. The van der Waals surface area contributed by atoms with Gasteiger partial charge in [0.25, 0.3) is 0 Å². The van der Waals surface area contributed by atoms with Crippen molar-refractivity contribution in [3.05, 3.63) is 71.8 Å². The van der Waals surface area contributed by atoms with Gasteiger partial charge in [-0.1, -0.05) is 60.7 Å². The highest BCUT2D eigenvalue weighted by Crippen LogP contribution is 2.12. The third-order valence-electron chi connectivity index (χ3n) is 7.49. The van der Waals surface area contributed by atoms with Crippen molar-refractivity contribution in [3.63, 3.8) is 0 Å². The molecular formula is C32H46N8O5. The van der Waals surface area contributed by atoms with E-state index in [1.54, 1.807) is 0 Å². The van der Waals surface area contributed by atoms with E-state index in [1.165, 1.54) is 24.5 Å². The van der Waals surface area contributed by atoms with Crippen molar-refractivity contribution in [2.24, 2.45) is 17.2 Å². The number of nitrogens with two attached hydrogens (primary N) is 3. The molecule has 0 aromatic heterocycles. The predicted octanol–water partition coefficient (Wildman–Crippen LogP) is -0.800. The van der Waals surface area contributed by atoms with Crippen molar-refractivity contribution in [1.82, 2.24) is 24.5 Å². The molecule has 13 nitrogen and oxygen atoms in total. The molecule has 1 saturated heterocycles. The summed E-state index contributed by atoms with van der Waals surface area (Å²) in [5, 5.41) is 0.